The van der Waals surface area contributed by atoms with Crippen molar-refractivity contribution in [3.8, 4) is 5.69 Å². The Hall–Kier alpha value is -3.16. The van der Waals surface area contributed by atoms with Gasteiger partial charge in [-0.15, -0.1) is 0 Å². The minimum atomic E-state index is -1.01. The van der Waals surface area contributed by atoms with Gasteiger partial charge in [0.2, 0.25) is 0 Å². The largest absolute Gasteiger partial charge is 0.346 e. The molecule has 0 atom stereocenters. The number of nitrogens with zero attached hydrogens (tertiary/aromatic N) is 4. The number of halogens is 2. The Balaban J connectivity index is 1.77. The molecule has 0 bridgehead atoms. The van der Waals surface area contributed by atoms with Gasteiger partial charge < -0.3 is 5.32 Å². The molecule has 3 rings (SSSR count). The van der Waals surface area contributed by atoms with E-state index in [0.29, 0.717) is 6.07 Å². The molecule has 8 heteroatoms. The highest BCUT2D eigenvalue weighted by Crippen LogP contribution is 2.13. The summed E-state index contributed by atoms with van der Waals surface area (Å²) in [6, 6.07) is 7.85. The third-order valence-corrected chi connectivity index (χ3v) is 3.12. The topological polar surface area (TPSA) is 72.7 Å². The average Bonchev–Trinajstić information content (AvgIpc) is 3.07. The van der Waals surface area contributed by atoms with Crippen molar-refractivity contribution in [2.24, 2.45) is 0 Å². The number of hydrogen-bond acceptors (Lipinski definition) is 4. The van der Waals surface area contributed by atoms with Gasteiger partial charge in [-0.25, -0.2) is 23.4 Å². The van der Waals surface area contributed by atoms with Crippen LogP contribution in [0.3, 0.4) is 0 Å². The molecular formula is C15H11F2N5O. The number of amides is 1. The number of carbonyl (C=O) groups excluding carboxylic acids is 1. The summed E-state index contributed by atoms with van der Waals surface area (Å²) >= 11 is 0. The number of aromatic nitrogens is 4. The summed E-state index contributed by atoms with van der Waals surface area (Å²) < 4.78 is 27.9. The van der Waals surface area contributed by atoms with Crippen LogP contribution < -0.4 is 5.32 Å². The highest BCUT2D eigenvalue weighted by Gasteiger charge is 2.15. The Kier molecular flexibility index (Phi) is 4.05. The van der Waals surface area contributed by atoms with Crippen molar-refractivity contribution in [2.75, 3.05) is 0 Å². The van der Waals surface area contributed by atoms with E-state index in [4.69, 9.17) is 0 Å². The molecule has 0 spiro atoms. The lowest BCUT2D eigenvalue weighted by Gasteiger charge is -2.10. The van der Waals surface area contributed by atoms with Gasteiger partial charge in [0.1, 0.15) is 18.5 Å². The molecule has 2 aromatic heterocycles. The van der Waals surface area contributed by atoms with Crippen molar-refractivity contribution in [1.82, 2.24) is 25.1 Å². The summed E-state index contributed by atoms with van der Waals surface area (Å²) in [6.45, 7) is 0.132. The molecule has 6 nitrogen and oxygen atoms in total. The van der Waals surface area contributed by atoms with Crippen LogP contribution in [0.2, 0.25) is 0 Å². The molecule has 1 aromatic carbocycles. The SMILES string of the molecule is O=C(NCc1ccccc1-n1cncn1)c1ncc(F)cc1F. The minimum absolute atomic E-state index is 0.132. The second-order valence-corrected chi connectivity index (χ2v) is 4.64. The normalized spacial score (nSPS) is 10.5. The van der Waals surface area contributed by atoms with Crippen molar-refractivity contribution in [3.05, 3.63) is 72.1 Å². The van der Waals surface area contributed by atoms with Crippen molar-refractivity contribution < 1.29 is 13.6 Å². The van der Waals surface area contributed by atoms with Gasteiger partial charge in [0.15, 0.2) is 11.5 Å². The Bertz CT molecular complexity index is 836. The van der Waals surface area contributed by atoms with E-state index in [1.165, 1.54) is 12.7 Å². The third-order valence-electron chi connectivity index (χ3n) is 3.12. The summed E-state index contributed by atoms with van der Waals surface area (Å²) in [5, 5.41) is 6.59. The smallest absolute Gasteiger partial charge is 0.273 e. The summed E-state index contributed by atoms with van der Waals surface area (Å²) in [7, 11) is 0. The number of para-hydroxylation sites is 1. The molecule has 3 aromatic rings. The van der Waals surface area contributed by atoms with Crippen LogP contribution in [0.15, 0.2) is 49.2 Å². The van der Waals surface area contributed by atoms with Crippen LogP contribution in [0.4, 0.5) is 8.78 Å². The number of pyridine rings is 1. The van der Waals surface area contributed by atoms with Crippen molar-refractivity contribution in [1.29, 1.82) is 0 Å². The summed E-state index contributed by atoms with van der Waals surface area (Å²) in [5.74, 6) is -2.57. The summed E-state index contributed by atoms with van der Waals surface area (Å²) in [4.78, 5) is 19.3. The van der Waals surface area contributed by atoms with Gasteiger partial charge in [-0.1, -0.05) is 18.2 Å². The van der Waals surface area contributed by atoms with E-state index in [-0.39, 0.29) is 6.54 Å². The van der Waals surface area contributed by atoms with Gasteiger partial charge in [0, 0.05) is 12.6 Å². The summed E-state index contributed by atoms with van der Waals surface area (Å²) in [6.07, 6.45) is 3.72. The molecule has 0 fully saturated rings. The highest BCUT2D eigenvalue weighted by atomic mass is 19.1. The molecule has 23 heavy (non-hydrogen) atoms. The van der Waals surface area contributed by atoms with E-state index in [9.17, 15) is 13.6 Å². The second-order valence-electron chi connectivity index (χ2n) is 4.64. The van der Waals surface area contributed by atoms with Crippen LogP contribution in [0, 0.1) is 11.6 Å². The molecule has 0 saturated carbocycles. The van der Waals surface area contributed by atoms with E-state index < -0.39 is 23.2 Å². The number of carbonyl (C=O) groups is 1. The molecule has 0 saturated heterocycles. The van der Waals surface area contributed by atoms with Gasteiger partial charge in [0.05, 0.1) is 11.9 Å². The van der Waals surface area contributed by atoms with E-state index in [0.717, 1.165) is 17.4 Å². The minimum Gasteiger partial charge on any atom is -0.346 e. The molecule has 0 unspecified atom stereocenters. The first-order valence-electron chi connectivity index (χ1n) is 6.67. The Morgan fingerprint density at radius 1 is 1.26 bits per heavy atom. The first-order chi connectivity index (χ1) is 11.1. The fourth-order valence-electron chi connectivity index (χ4n) is 2.06. The Morgan fingerprint density at radius 2 is 2.09 bits per heavy atom. The third kappa shape index (κ3) is 3.20. The molecule has 2 heterocycles. The van der Waals surface area contributed by atoms with E-state index in [1.807, 2.05) is 12.1 Å². The zero-order chi connectivity index (χ0) is 16.2. The van der Waals surface area contributed by atoms with Gasteiger partial charge in [-0.2, -0.15) is 5.10 Å². The van der Waals surface area contributed by atoms with E-state index in [2.05, 4.69) is 20.4 Å². The highest BCUT2D eigenvalue weighted by molar-refractivity contribution is 5.92. The standard InChI is InChI=1S/C15H11F2N5O/c16-11-5-12(17)14(19-7-11)15(23)20-6-10-3-1-2-4-13(10)22-9-18-8-21-22/h1-5,7-9H,6H2,(H,20,23). The molecule has 1 amide bonds. The van der Waals surface area contributed by atoms with E-state index in [1.54, 1.807) is 16.8 Å². The number of hydrogen-bond donors (Lipinski definition) is 1. The van der Waals surface area contributed by atoms with Gasteiger partial charge in [0.25, 0.3) is 5.91 Å². The van der Waals surface area contributed by atoms with Crippen LogP contribution >= 0.6 is 0 Å². The lowest BCUT2D eigenvalue weighted by atomic mass is 10.1. The van der Waals surface area contributed by atoms with Crippen molar-refractivity contribution in [2.45, 2.75) is 6.54 Å². The zero-order valence-electron chi connectivity index (χ0n) is 11.8. The fourth-order valence-corrected chi connectivity index (χ4v) is 2.06. The first kappa shape index (κ1) is 14.8. The number of nitrogens with one attached hydrogen (secondary N) is 1. The molecule has 0 aliphatic carbocycles. The maximum Gasteiger partial charge on any atom is 0.273 e. The monoisotopic (exact) mass is 315 g/mol. The molecular weight excluding hydrogens is 304 g/mol. The van der Waals surface area contributed by atoms with Gasteiger partial charge in [-0.05, 0) is 11.6 Å². The van der Waals surface area contributed by atoms with Gasteiger partial charge >= 0.3 is 0 Å². The average molecular weight is 315 g/mol. The number of benzene rings is 1. The fraction of sp³-hybridized carbons (Fsp3) is 0.0667. The van der Waals surface area contributed by atoms with Crippen LogP contribution in [0.1, 0.15) is 16.1 Å². The maximum absolute atomic E-state index is 13.5. The Labute approximate surface area is 129 Å². The molecule has 0 radical (unpaired) electrons. The number of rotatable bonds is 4. The lowest BCUT2D eigenvalue weighted by molar-refractivity contribution is 0.0941. The lowest BCUT2D eigenvalue weighted by Crippen LogP contribution is -2.25. The second kappa shape index (κ2) is 6.30. The predicted octanol–water partition coefficient (Wildman–Crippen LogP) is 1.87. The van der Waals surface area contributed by atoms with Crippen LogP contribution in [0.5, 0.6) is 0 Å². The molecule has 0 aliphatic rings. The first-order valence-corrected chi connectivity index (χ1v) is 6.67. The van der Waals surface area contributed by atoms with Gasteiger partial charge in [-0.3, -0.25) is 4.79 Å². The predicted molar refractivity (Wildman–Crippen MR) is 76.7 cm³/mol. The molecule has 1 N–H and O–H groups in total. The van der Waals surface area contributed by atoms with Crippen LogP contribution in [-0.2, 0) is 6.54 Å². The van der Waals surface area contributed by atoms with Crippen LogP contribution in [-0.4, -0.2) is 25.7 Å². The quantitative estimate of drug-likeness (QED) is 0.798. The molecule has 0 aliphatic heterocycles. The van der Waals surface area contributed by atoms with Crippen molar-refractivity contribution in [3.63, 3.8) is 0 Å². The molecule has 116 valence electrons. The zero-order valence-corrected chi connectivity index (χ0v) is 11.8. The Morgan fingerprint density at radius 3 is 2.83 bits per heavy atom. The van der Waals surface area contributed by atoms with Crippen molar-refractivity contribution >= 4 is 5.91 Å². The maximum atomic E-state index is 13.5. The summed E-state index contributed by atoms with van der Waals surface area (Å²) in [5.41, 5.74) is 1.04. The van der Waals surface area contributed by atoms with E-state index >= 15 is 0 Å². The van der Waals surface area contributed by atoms with Crippen LogP contribution in [0.25, 0.3) is 5.69 Å².